The van der Waals surface area contributed by atoms with Gasteiger partial charge in [0.05, 0.1) is 11.4 Å². The van der Waals surface area contributed by atoms with Crippen molar-refractivity contribution in [3.63, 3.8) is 0 Å². The smallest absolute Gasteiger partial charge is 0.303 e. The van der Waals surface area contributed by atoms with Gasteiger partial charge in [-0.05, 0) is 12.1 Å². The van der Waals surface area contributed by atoms with E-state index in [1.54, 1.807) is 18.3 Å². The molecule has 3 rings (SSSR count). The Labute approximate surface area is 171 Å². The van der Waals surface area contributed by atoms with Crippen LogP contribution in [0.1, 0.15) is 25.5 Å². The number of carbonyl (C=O) groups excluding carboxylic acids is 1. The van der Waals surface area contributed by atoms with Crippen molar-refractivity contribution in [2.75, 3.05) is 17.7 Å². The zero-order chi connectivity index (χ0) is 21.7. The van der Waals surface area contributed by atoms with Gasteiger partial charge in [-0.1, -0.05) is 0 Å². The van der Waals surface area contributed by atoms with Gasteiger partial charge in [0, 0.05) is 51.2 Å². The third kappa shape index (κ3) is 5.26. The van der Waals surface area contributed by atoms with Crippen molar-refractivity contribution in [2.45, 2.75) is 26.4 Å². The van der Waals surface area contributed by atoms with Gasteiger partial charge >= 0.3 is 5.92 Å². The fourth-order valence-corrected chi connectivity index (χ4v) is 2.54. The molecule has 30 heavy (non-hydrogen) atoms. The van der Waals surface area contributed by atoms with Crippen molar-refractivity contribution >= 4 is 23.2 Å². The zero-order valence-electron chi connectivity index (χ0n) is 16.5. The number of halogens is 2. The molecule has 3 aromatic rings. The minimum Gasteiger partial charge on any atom is -0.377 e. The van der Waals surface area contributed by atoms with Gasteiger partial charge in [0.15, 0.2) is 5.82 Å². The molecule has 3 aromatic heterocycles. The molecule has 0 aliphatic carbocycles. The highest BCUT2D eigenvalue weighted by atomic mass is 19.3. The quantitative estimate of drug-likeness (QED) is 0.604. The van der Waals surface area contributed by atoms with Crippen molar-refractivity contribution in [1.82, 2.24) is 24.9 Å². The summed E-state index contributed by atoms with van der Waals surface area (Å²) >= 11 is 0. The number of alkyl halides is 2. The first-order valence-electron chi connectivity index (χ1n) is 8.83. The Morgan fingerprint density at radius 1 is 1.13 bits per heavy atom. The summed E-state index contributed by atoms with van der Waals surface area (Å²) in [5.74, 6) is -3.23. The topological polar surface area (TPSA) is 115 Å². The lowest BCUT2D eigenvalue weighted by atomic mass is 10.1. The normalized spacial score (nSPS) is 11.2. The first-order chi connectivity index (χ1) is 14.3. The molecular formula is C19H19F2N7O2. The molecule has 0 saturated heterocycles. The number of pyridine rings is 1. The van der Waals surface area contributed by atoms with Crippen LogP contribution in [-0.4, -0.2) is 37.9 Å². The van der Waals surface area contributed by atoms with E-state index in [1.807, 2.05) is 0 Å². The van der Waals surface area contributed by atoms with Gasteiger partial charge in [0.1, 0.15) is 18.2 Å². The standard InChI is InChI=1S/C19H19F2N7O2/c1-11(29)25-16-8-14(27-15-5-7-23-18(28-15)19(2,20)21)12(9-24-16)13-4-6-22-17(26-13)10-30-3/h4-9H,10H2,1-3H3,(H2,23,24,25,27,28,29). The summed E-state index contributed by atoms with van der Waals surface area (Å²) in [6.07, 6.45) is 4.31. The molecule has 0 spiro atoms. The van der Waals surface area contributed by atoms with Gasteiger partial charge in [-0.3, -0.25) is 4.79 Å². The Morgan fingerprint density at radius 2 is 1.90 bits per heavy atom. The average molecular weight is 415 g/mol. The molecule has 9 nitrogen and oxygen atoms in total. The van der Waals surface area contributed by atoms with Crippen LogP contribution in [0.25, 0.3) is 11.3 Å². The molecule has 0 fully saturated rings. The summed E-state index contributed by atoms with van der Waals surface area (Å²) in [4.78, 5) is 31.7. The SMILES string of the molecule is COCc1nccc(-c2cnc(NC(C)=O)cc2Nc2ccnc(C(C)(F)F)n2)n1. The number of ether oxygens (including phenoxy) is 1. The molecule has 11 heteroatoms. The maximum atomic E-state index is 13.6. The highest BCUT2D eigenvalue weighted by Crippen LogP contribution is 2.31. The van der Waals surface area contributed by atoms with E-state index >= 15 is 0 Å². The minimum absolute atomic E-state index is 0.147. The zero-order valence-corrected chi connectivity index (χ0v) is 16.5. The second-order valence-corrected chi connectivity index (χ2v) is 6.37. The second-order valence-electron chi connectivity index (χ2n) is 6.37. The van der Waals surface area contributed by atoms with E-state index in [4.69, 9.17) is 4.74 Å². The largest absolute Gasteiger partial charge is 0.377 e. The number of hydrogen-bond donors (Lipinski definition) is 2. The van der Waals surface area contributed by atoms with E-state index in [-0.39, 0.29) is 24.1 Å². The number of anilines is 3. The molecule has 1 amide bonds. The molecule has 0 aliphatic rings. The molecule has 0 aliphatic heterocycles. The molecule has 3 heterocycles. The van der Waals surface area contributed by atoms with Crippen molar-refractivity contribution in [3.05, 3.63) is 48.4 Å². The number of hydrogen-bond acceptors (Lipinski definition) is 8. The molecule has 0 unspecified atom stereocenters. The summed E-state index contributed by atoms with van der Waals surface area (Å²) in [5, 5.41) is 5.56. The number of amides is 1. The van der Waals surface area contributed by atoms with Gasteiger partial charge in [-0.25, -0.2) is 24.9 Å². The lowest BCUT2D eigenvalue weighted by molar-refractivity contribution is -0.114. The maximum Gasteiger partial charge on any atom is 0.303 e. The maximum absolute atomic E-state index is 13.6. The first kappa shape index (κ1) is 21.1. The summed E-state index contributed by atoms with van der Waals surface area (Å²) in [5.41, 5.74) is 1.52. The van der Waals surface area contributed by atoms with E-state index in [1.165, 1.54) is 32.5 Å². The van der Waals surface area contributed by atoms with Crippen LogP contribution in [0.2, 0.25) is 0 Å². The van der Waals surface area contributed by atoms with E-state index in [9.17, 15) is 13.6 Å². The lowest BCUT2D eigenvalue weighted by Gasteiger charge is -2.15. The fraction of sp³-hybridized carbons (Fsp3) is 0.263. The number of methoxy groups -OCH3 is 1. The first-order valence-corrected chi connectivity index (χ1v) is 8.83. The molecule has 156 valence electrons. The summed E-state index contributed by atoms with van der Waals surface area (Å²) in [7, 11) is 1.53. The summed E-state index contributed by atoms with van der Waals surface area (Å²) < 4.78 is 32.3. The third-order valence-corrected chi connectivity index (χ3v) is 3.77. The lowest BCUT2D eigenvalue weighted by Crippen LogP contribution is -2.13. The highest BCUT2D eigenvalue weighted by Gasteiger charge is 2.28. The number of nitrogens with zero attached hydrogens (tertiary/aromatic N) is 5. The van der Waals surface area contributed by atoms with Crippen molar-refractivity contribution in [1.29, 1.82) is 0 Å². The predicted octanol–water partition coefficient (Wildman–Crippen LogP) is 3.29. The Morgan fingerprint density at radius 3 is 2.60 bits per heavy atom. The Bertz CT molecular complexity index is 1060. The molecular weight excluding hydrogens is 396 g/mol. The van der Waals surface area contributed by atoms with Crippen LogP contribution in [-0.2, 0) is 22.1 Å². The van der Waals surface area contributed by atoms with E-state index in [2.05, 4.69) is 35.6 Å². The Hall–Kier alpha value is -3.60. The van der Waals surface area contributed by atoms with Crippen LogP contribution >= 0.6 is 0 Å². The summed E-state index contributed by atoms with van der Waals surface area (Å²) in [6, 6.07) is 4.68. The molecule has 0 bridgehead atoms. The number of carbonyl (C=O) groups is 1. The molecule has 0 saturated carbocycles. The minimum atomic E-state index is -3.19. The molecule has 2 N–H and O–H groups in total. The van der Waals surface area contributed by atoms with Gasteiger partial charge < -0.3 is 15.4 Å². The monoisotopic (exact) mass is 415 g/mol. The van der Waals surface area contributed by atoms with Crippen LogP contribution in [0.3, 0.4) is 0 Å². The van der Waals surface area contributed by atoms with Crippen LogP contribution in [0.4, 0.5) is 26.1 Å². The van der Waals surface area contributed by atoms with E-state index in [0.717, 1.165) is 6.92 Å². The number of rotatable bonds is 7. The van der Waals surface area contributed by atoms with Crippen LogP contribution < -0.4 is 10.6 Å². The van der Waals surface area contributed by atoms with Crippen LogP contribution in [0, 0.1) is 0 Å². The van der Waals surface area contributed by atoms with E-state index < -0.39 is 11.7 Å². The average Bonchev–Trinajstić information content (AvgIpc) is 2.68. The molecule has 0 atom stereocenters. The highest BCUT2D eigenvalue weighted by molar-refractivity contribution is 5.89. The van der Waals surface area contributed by atoms with Crippen LogP contribution in [0.5, 0.6) is 0 Å². The summed E-state index contributed by atoms with van der Waals surface area (Å²) in [6.45, 7) is 2.29. The molecule has 0 aromatic carbocycles. The van der Waals surface area contributed by atoms with Gasteiger partial charge in [-0.2, -0.15) is 8.78 Å². The van der Waals surface area contributed by atoms with Crippen molar-refractivity contribution in [2.24, 2.45) is 0 Å². The Kier molecular flexibility index (Phi) is 6.21. The van der Waals surface area contributed by atoms with Crippen LogP contribution in [0.15, 0.2) is 36.8 Å². The predicted molar refractivity (Wildman–Crippen MR) is 105 cm³/mol. The second kappa shape index (κ2) is 8.82. The van der Waals surface area contributed by atoms with E-state index in [0.29, 0.717) is 22.8 Å². The number of aromatic nitrogens is 5. The van der Waals surface area contributed by atoms with Gasteiger partial charge in [0.2, 0.25) is 11.7 Å². The van der Waals surface area contributed by atoms with Crippen molar-refractivity contribution < 1.29 is 18.3 Å². The van der Waals surface area contributed by atoms with Crippen molar-refractivity contribution in [3.8, 4) is 11.3 Å². The fourth-order valence-electron chi connectivity index (χ4n) is 2.54. The molecule has 0 radical (unpaired) electrons. The van der Waals surface area contributed by atoms with Gasteiger partial charge in [0.25, 0.3) is 0 Å². The number of nitrogens with one attached hydrogen (secondary N) is 2. The third-order valence-electron chi connectivity index (χ3n) is 3.77. The Balaban J connectivity index is 2.04. The van der Waals surface area contributed by atoms with Gasteiger partial charge in [-0.15, -0.1) is 0 Å².